The van der Waals surface area contributed by atoms with Gasteiger partial charge in [-0.25, -0.2) is 4.98 Å². The number of nitrogens with one attached hydrogen (secondary N) is 1. The fraction of sp³-hybridized carbons (Fsp3) is 0.364. The van der Waals surface area contributed by atoms with Gasteiger partial charge in [0.15, 0.2) is 6.61 Å². The summed E-state index contributed by atoms with van der Waals surface area (Å²) in [6, 6.07) is 15.1. The summed E-state index contributed by atoms with van der Waals surface area (Å²) in [5, 5.41) is 2.88. The van der Waals surface area contributed by atoms with Gasteiger partial charge in [0.2, 0.25) is 0 Å². The number of nitrogens with zero attached hydrogens (tertiary/aromatic N) is 3. The predicted molar refractivity (Wildman–Crippen MR) is 113 cm³/mol. The first-order valence-corrected chi connectivity index (χ1v) is 9.76. The molecule has 0 aliphatic heterocycles. The Balaban J connectivity index is 1.64. The minimum Gasteiger partial charge on any atom is -0.484 e. The number of benzene rings is 2. The highest BCUT2D eigenvalue weighted by Crippen LogP contribution is 2.20. The average Bonchev–Trinajstić information content (AvgIpc) is 3.03. The molecular formula is C22H28N4O2. The van der Waals surface area contributed by atoms with Gasteiger partial charge in [-0.15, -0.1) is 0 Å². The molecule has 28 heavy (non-hydrogen) atoms. The van der Waals surface area contributed by atoms with Crippen LogP contribution < -0.4 is 10.1 Å². The lowest BCUT2D eigenvalue weighted by Crippen LogP contribution is -2.26. The Hall–Kier alpha value is -2.86. The number of ether oxygens (including phenoxy) is 1. The van der Waals surface area contributed by atoms with Gasteiger partial charge in [0.1, 0.15) is 11.6 Å². The predicted octanol–water partition coefficient (Wildman–Crippen LogP) is 3.48. The highest BCUT2D eigenvalue weighted by molar-refractivity contribution is 5.94. The van der Waals surface area contributed by atoms with E-state index in [1.54, 1.807) is 0 Å². The molecule has 2 aromatic carbocycles. The number of imidazole rings is 1. The van der Waals surface area contributed by atoms with E-state index in [0.717, 1.165) is 48.6 Å². The molecular weight excluding hydrogens is 352 g/mol. The number of hydrogen-bond donors (Lipinski definition) is 1. The maximum absolute atomic E-state index is 12.2. The first kappa shape index (κ1) is 19.9. The standard InChI is InChI=1S/C22H28N4O2/c1-4-26(5-2)14-13-21-24-19-15-17(11-12-20(19)25(21)3)23-22(27)16-28-18-9-7-6-8-10-18/h6-12,15H,4-5,13-14,16H2,1-3H3,(H,23,27). The molecule has 0 aliphatic carbocycles. The molecule has 6 nitrogen and oxygen atoms in total. The third-order valence-electron chi connectivity index (χ3n) is 4.92. The summed E-state index contributed by atoms with van der Waals surface area (Å²) in [6.07, 6.45) is 0.902. The Labute approximate surface area is 166 Å². The van der Waals surface area contributed by atoms with Crippen LogP contribution >= 0.6 is 0 Å². The number of hydrogen-bond acceptors (Lipinski definition) is 4. The van der Waals surface area contributed by atoms with Crippen LogP contribution in [0.15, 0.2) is 48.5 Å². The third-order valence-corrected chi connectivity index (χ3v) is 4.92. The molecule has 6 heteroatoms. The molecule has 1 N–H and O–H groups in total. The van der Waals surface area contributed by atoms with Crippen molar-refractivity contribution in [2.75, 3.05) is 31.6 Å². The van der Waals surface area contributed by atoms with E-state index < -0.39 is 0 Å². The zero-order valence-electron chi connectivity index (χ0n) is 16.8. The lowest BCUT2D eigenvalue weighted by molar-refractivity contribution is -0.118. The summed E-state index contributed by atoms with van der Waals surface area (Å²) >= 11 is 0. The molecule has 0 radical (unpaired) electrons. The van der Waals surface area contributed by atoms with Gasteiger partial charge in [-0.3, -0.25) is 4.79 Å². The van der Waals surface area contributed by atoms with Gasteiger partial charge in [-0.05, 0) is 43.4 Å². The second-order valence-corrected chi connectivity index (χ2v) is 6.72. The Morgan fingerprint density at radius 2 is 1.89 bits per heavy atom. The third kappa shape index (κ3) is 4.89. The molecule has 148 valence electrons. The van der Waals surface area contributed by atoms with Crippen molar-refractivity contribution >= 4 is 22.6 Å². The number of aromatic nitrogens is 2. The summed E-state index contributed by atoms with van der Waals surface area (Å²) in [6.45, 7) is 7.40. The van der Waals surface area contributed by atoms with Crippen LogP contribution in [-0.4, -0.2) is 46.6 Å². The molecule has 0 spiro atoms. The molecule has 1 aromatic heterocycles. The van der Waals surface area contributed by atoms with Gasteiger partial charge in [-0.2, -0.15) is 0 Å². The fourth-order valence-electron chi connectivity index (χ4n) is 3.21. The minimum absolute atomic E-state index is 0.0284. The quantitative estimate of drug-likeness (QED) is 0.617. The van der Waals surface area contributed by atoms with Gasteiger partial charge in [0, 0.05) is 25.7 Å². The van der Waals surface area contributed by atoms with E-state index in [-0.39, 0.29) is 12.5 Å². The van der Waals surface area contributed by atoms with Crippen LogP contribution in [0, 0.1) is 0 Å². The van der Waals surface area contributed by atoms with Gasteiger partial charge < -0.3 is 19.5 Å². The summed E-state index contributed by atoms with van der Waals surface area (Å²) in [5.74, 6) is 1.54. The maximum atomic E-state index is 12.2. The molecule has 0 saturated heterocycles. The van der Waals surface area contributed by atoms with Gasteiger partial charge in [-0.1, -0.05) is 32.0 Å². The molecule has 3 aromatic rings. The summed E-state index contributed by atoms with van der Waals surface area (Å²) in [7, 11) is 2.04. The monoisotopic (exact) mass is 380 g/mol. The van der Waals surface area contributed by atoms with Crippen LogP contribution in [0.25, 0.3) is 11.0 Å². The minimum atomic E-state index is -0.194. The Morgan fingerprint density at radius 1 is 1.14 bits per heavy atom. The van der Waals surface area contributed by atoms with Crippen LogP contribution in [0.1, 0.15) is 19.7 Å². The number of para-hydroxylation sites is 1. The number of carbonyl (C=O) groups excluding carboxylic acids is 1. The van der Waals surface area contributed by atoms with Crippen molar-refractivity contribution in [2.24, 2.45) is 7.05 Å². The van der Waals surface area contributed by atoms with E-state index in [4.69, 9.17) is 9.72 Å². The molecule has 0 atom stereocenters. The van der Waals surface area contributed by atoms with E-state index >= 15 is 0 Å². The van der Waals surface area contributed by atoms with Crippen molar-refractivity contribution in [3.05, 3.63) is 54.4 Å². The van der Waals surface area contributed by atoms with Crippen LogP contribution in [0.4, 0.5) is 5.69 Å². The van der Waals surface area contributed by atoms with E-state index in [2.05, 4.69) is 28.6 Å². The summed E-state index contributed by atoms with van der Waals surface area (Å²) < 4.78 is 7.62. The molecule has 3 rings (SSSR count). The van der Waals surface area contributed by atoms with Gasteiger partial charge >= 0.3 is 0 Å². The van der Waals surface area contributed by atoms with Crippen LogP contribution in [0.3, 0.4) is 0 Å². The molecule has 0 bridgehead atoms. The molecule has 0 aliphatic rings. The molecule has 0 unspecified atom stereocenters. The normalized spacial score (nSPS) is 11.1. The zero-order valence-corrected chi connectivity index (χ0v) is 16.8. The number of aryl methyl sites for hydroxylation is 1. The lowest BCUT2D eigenvalue weighted by atomic mass is 10.2. The van der Waals surface area contributed by atoms with Crippen LogP contribution in [0.2, 0.25) is 0 Å². The highest BCUT2D eigenvalue weighted by Gasteiger charge is 2.11. The molecule has 0 fully saturated rings. The van der Waals surface area contributed by atoms with Crippen LogP contribution in [0.5, 0.6) is 5.75 Å². The number of amides is 1. The maximum Gasteiger partial charge on any atom is 0.262 e. The largest absolute Gasteiger partial charge is 0.484 e. The fourth-order valence-corrected chi connectivity index (χ4v) is 3.21. The van der Waals surface area contributed by atoms with E-state index in [0.29, 0.717) is 5.75 Å². The molecule has 1 heterocycles. The average molecular weight is 380 g/mol. The summed E-state index contributed by atoms with van der Waals surface area (Å²) in [4.78, 5) is 19.3. The van der Waals surface area contributed by atoms with E-state index in [1.165, 1.54) is 0 Å². The van der Waals surface area contributed by atoms with Crippen molar-refractivity contribution in [1.29, 1.82) is 0 Å². The Kier molecular flexibility index (Phi) is 6.66. The second kappa shape index (κ2) is 9.37. The SMILES string of the molecule is CCN(CC)CCc1nc2cc(NC(=O)COc3ccccc3)ccc2n1C. The first-order valence-electron chi connectivity index (χ1n) is 9.76. The number of fused-ring (bicyclic) bond motifs is 1. The number of likely N-dealkylation sites (N-methyl/N-ethyl adjacent to an activating group) is 1. The van der Waals surface area contributed by atoms with E-state index in [1.807, 2.05) is 55.6 Å². The zero-order chi connectivity index (χ0) is 19.9. The van der Waals surface area contributed by atoms with Crippen molar-refractivity contribution in [3.8, 4) is 5.75 Å². The number of anilines is 1. The number of carbonyl (C=O) groups is 1. The highest BCUT2D eigenvalue weighted by atomic mass is 16.5. The summed E-state index contributed by atoms with van der Waals surface area (Å²) in [5.41, 5.74) is 2.68. The molecule has 1 amide bonds. The smallest absolute Gasteiger partial charge is 0.262 e. The van der Waals surface area contributed by atoms with Gasteiger partial charge in [0.25, 0.3) is 5.91 Å². The molecule has 0 saturated carbocycles. The second-order valence-electron chi connectivity index (χ2n) is 6.72. The van der Waals surface area contributed by atoms with Crippen molar-refractivity contribution in [1.82, 2.24) is 14.5 Å². The topological polar surface area (TPSA) is 59.4 Å². The Morgan fingerprint density at radius 3 is 2.61 bits per heavy atom. The van der Waals surface area contributed by atoms with Crippen LogP contribution in [-0.2, 0) is 18.3 Å². The number of rotatable bonds is 9. The van der Waals surface area contributed by atoms with Crippen molar-refractivity contribution in [2.45, 2.75) is 20.3 Å². The first-order chi connectivity index (χ1) is 13.6. The van der Waals surface area contributed by atoms with E-state index in [9.17, 15) is 4.79 Å². The van der Waals surface area contributed by atoms with Gasteiger partial charge in [0.05, 0.1) is 11.0 Å². The van der Waals surface area contributed by atoms with Crippen molar-refractivity contribution < 1.29 is 9.53 Å². The Bertz CT molecular complexity index is 917. The van der Waals surface area contributed by atoms with Crippen molar-refractivity contribution in [3.63, 3.8) is 0 Å². The lowest BCUT2D eigenvalue weighted by Gasteiger charge is -2.17.